The molecule has 0 aromatic heterocycles. The number of halogens is 2. The number of nitrogens with two attached hydrogens (primary N) is 1. The predicted octanol–water partition coefficient (Wildman–Crippen LogP) is 3.81. The number of nitrogens with one attached hydrogen (secondary N) is 1. The highest BCUT2D eigenvalue weighted by molar-refractivity contribution is 6.33. The number of nitrogen functional groups attached to an aromatic ring is 1. The number of ether oxygens (including phenoxy) is 1. The molecule has 0 bridgehead atoms. The zero-order valence-corrected chi connectivity index (χ0v) is 10.5. The van der Waals surface area contributed by atoms with E-state index in [1.165, 1.54) is 12.1 Å². The summed E-state index contributed by atoms with van der Waals surface area (Å²) in [6.07, 6.45) is 0. The lowest BCUT2D eigenvalue weighted by Crippen LogP contribution is -1.95. The van der Waals surface area contributed by atoms with Gasteiger partial charge in [0, 0.05) is 11.8 Å². The van der Waals surface area contributed by atoms with E-state index in [0.717, 1.165) is 0 Å². The smallest absolute Gasteiger partial charge is 0.148 e. The molecule has 0 fully saturated rings. The zero-order valence-electron chi connectivity index (χ0n) is 9.71. The lowest BCUT2D eigenvalue weighted by atomic mass is 10.2. The van der Waals surface area contributed by atoms with Gasteiger partial charge in [-0.25, -0.2) is 4.39 Å². The second-order valence-electron chi connectivity index (χ2n) is 3.71. The van der Waals surface area contributed by atoms with Crippen LogP contribution in [0.15, 0.2) is 36.4 Å². The Labute approximate surface area is 109 Å². The minimum atomic E-state index is -0.468. The van der Waals surface area contributed by atoms with Crippen LogP contribution in [0.1, 0.15) is 0 Å². The van der Waals surface area contributed by atoms with E-state index in [0.29, 0.717) is 22.1 Å². The fourth-order valence-electron chi connectivity index (χ4n) is 1.48. The molecule has 0 unspecified atom stereocenters. The molecule has 0 atom stereocenters. The Morgan fingerprint density at radius 2 is 2.00 bits per heavy atom. The van der Waals surface area contributed by atoms with Crippen molar-refractivity contribution in [1.29, 1.82) is 0 Å². The highest BCUT2D eigenvalue weighted by Crippen LogP contribution is 2.29. The molecule has 0 aliphatic heterocycles. The molecule has 94 valence electrons. The molecule has 3 nitrogen and oxygen atoms in total. The number of rotatable bonds is 3. The third kappa shape index (κ3) is 2.65. The van der Waals surface area contributed by atoms with Gasteiger partial charge in [-0.05, 0) is 30.3 Å². The molecule has 5 heteroatoms. The van der Waals surface area contributed by atoms with Gasteiger partial charge in [0.05, 0.1) is 23.5 Å². The molecule has 0 heterocycles. The molecule has 0 aliphatic carbocycles. The summed E-state index contributed by atoms with van der Waals surface area (Å²) < 4.78 is 18.3. The molecular formula is C13H12ClFN2O. The number of hydrogen-bond acceptors (Lipinski definition) is 3. The minimum Gasteiger partial charge on any atom is -0.497 e. The third-order valence-corrected chi connectivity index (χ3v) is 2.77. The Bertz CT molecular complexity index is 575. The molecule has 0 aliphatic rings. The first kappa shape index (κ1) is 12.5. The molecule has 2 aromatic carbocycles. The van der Waals surface area contributed by atoms with Crippen LogP contribution in [-0.4, -0.2) is 7.11 Å². The predicted molar refractivity (Wildman–Crippen MR) is 72.1 cm³/mol. The fraction of sp³-hybridized carbons (Fsp3) is 0.0769. The van der Waals surface area contributed by atoms with Crippen molar-refractivity contribution in [2.75, 3.05) is 18.2 Å². The molecular weight excluding hydrogens is 255 g/mol. The van der Waals surface area contributed by atoms with Crippen LogP contribution in [0.2, 0.25) is 5.02 Å². The van der Waals surface area contributed by atoms with Crippen LogP contribution in [0.4, 0.5) is 21.5 Å². The van der Waals surface area contributed by atoms with E-state index < -0.39 is 5.82 Å². The SMILES string of the molecule is COc1ccc(Nc2ccc(N)c(F)c2)c(Cl)c1. The molecule has 0 radical (unpaired) electrons. The third-order valence-electron chi connectivity index (χ3n) is 2.46. The average molecular weight is 267 g/mol. The number of methoxy groups -OCH3 is 1. The van der Waals surface area contributed by atoms with Gasteiger partial charge in [-0.3, -0.25) is 0 Å². The van der Waals surface area contributed by atoms with Crippen molar-refractivity contribution < 1.29 is 9.13 Å². The molecule has 0 spiro atoms. The number of anilines is 3. The Kier molecular flexibility index (Phi) is 3.58. The standard InChI is InChI=1S/C13H12ClFN2O/c1-18-9-3-5-13(10(14)7-9)17-8-2-4-12(16)11(15)6-8/h2-7,17H,16H2,1H3. The summed E-state index contributed by atoms with van der Waals surface area (Å²) in [5.41, 5.74) is 6.76. The normalized spacial score (nSPS) is 10.2. The van der Waals surface area contributed by atoms with Crippen molar-refractivity contribution in [3.8, 4) is 5.75 Å². The summed E-state index contributed by atoms with van der Waals surface area (Å²) in [6, 6.07) is 9.69. The monoisotopic (exact) mass is 266 g/mol. The van der Waals surface area contributed by atoms with Crippen molar-refractivity contribution in [3.63, 3.8) is 0 Å². The van der Waals surface area contributed by atoms with Gasteiger partial charge in [-0.15, -0.1) is 0 Å². The van der Waals surface area contributed by atoms with Crippen LogP contribution in [0.3, 0.4) is 0 Å². The lowest BCUT2D eigenvalue weighted by molar-refractivity contribution is 0.415. The van der Waals surface area contributed by atoms with Crippen molar-refractivity contribution >= 4 is 28.7 Å². The number of benzene rings is 2. The first-order chi connectivity index (χ1) is 8.60. The minimum absolute atomic E-state index is 0.112. The lowest BCUT2D eigenvalue weighted by Gasteiger charge is -2.10. The van der Waals surface area contributed by atoms with Gasteiger partial charge in [0.1, 0.15) is 11.6 Å². The van der Waals surface area contributed by atoms with Crippen LogP contribution >= 0.6 is 11.6 Å². The molecule has 2 rings (SSSR count). The highest BCUT2D eigenvalue weighted by atomic mass is 35.5. The second-order valence-corrected chi connectivity index (χ2v) is 4.11. The van der Waals surface area contributed by atoms with Gasteiger partial charge in [0.15, 0.2) is 0 Å². The maximum atomic E-state index is 13.3. The van der Waals surface area contributed by atoms with Crippen LogP contribution in [0.25, 0.3) is 0 Å². The molecule has 3 N–H and O–H groups in total. The largest absolute Gasteiger partial charge is 0.497 e. The van der Waals surface area contributed by atoms with Crippen molar-refractivity contribution in [1.82, 2.24) is 0 Å². The highest BCUT2D eigenvalue weighted by Gasteiger charge is 2.04. The van der Waals surface area contributed by atoms with Crippen LogP contribution in [0.5, 0.6) is 5.75 Å². The van der Waals surface area contributed by atoms with E-state index in [9.17, 15) is 4.39 Å². The molecule has 0 amide bonds. The Morgan fingerprint density at radius 1 is 1.22 bits per heavy atom. The van der Waals surface area contributed by atoms with Gasteiger partial charge < -0.3 is 15.8 Å². The van der Waals surface area contributed by atoms with E-state index in [-0.39, 0.29) is 5.69 Å². The average Bonchev–Trinajstić information content (AvgIpc) is 2.36. The first-order valence-corrected chi connectivity index (χ1v) is 5.63. The summed E-state index contributed by atoms with van der Waals surface area (Å²) in [5.74, 6) is 0.193. The maximum Gasteiger partial charge on any atom is 0.148 e. The van der Waals surface area contributed by atoms with Gasteiger partial charge in [0.2, 0.25) is 0 Å². The maximum absolute atomic E-state index is 13.3. The fourth-order valence-corrected chi connectivity index (χ4v) is 1.70. The van der Waals surface area contributed by atoms with E-state index in [4.69, 9.17) is 22.1 Å². The van der Waals surface area contributed by atoms with Crippen LogP contribution < -0.4 is 15.8 Å². The van der Waals surface area contributed by atoms with Crippen molar-refractivity contribution in [2.45, 2.75) is 0 Å². The molecule has 2 aromatic rings. The van der Waals surface area contributed by atoms with Crippen LogP contribution in [-0.2, 0) is 0 Å². The Balaban J connectivity index is 2.25. The molecule has 0 saturated heterocycles. The number of hydrogen-bond donors (Lipinski definition) is 2. The van der Waals surface area contributed by atoms with Gasteiger partial charge >= 0.3 is 0 Å². The van der Waals surface area contributed by atoms with Gasteiger partial charge in [-0.2, -0.15) is 0 Å². The van der Waals surface area contributed by atoms with Gasteiger partial charge in [-0.1, -0.05) is 11.6 Å². The Morgan fingerprint density at radius 3 is 2.61 bits per heavy atom. The van der Waals surface area contributed by atoms with Crippen molar-refractivity contribution in [3.05, 3.63) is 47.2 Å². The van der Waals surface area contributed by atoms with E-state index >= 15 is 0 Å². The Hall–Kier alpha value is -1.94. The summed E-state index contributed by atoms with van der Waals surface area (Å²) in [6.45, 7) is 0. The quantitative estimate of drug-likeness (QED) is 0.831. The molecule has 0 saturated carbocycles. The topological polar surface area (TPSA) is 47.3 Å². The summed E-state index contributed by atoms with van der Waals surface area (Å²) in [7, 11) is 1.56. The van der Waals surface area contributed by atoms with E-state index in [1.54, 1.807) is 31.4 Å². The summed E-state index contributed by atoms with van der Waals surface area (Å²) in [4.78, 5) is 0. The van der Waals surface area contributed by atoms with Crippen LogP contribution in [0, 0.1) is 5.82 Å². The van der Waals surface area contributed by atoms with E-state index in [2.05, 4.69) is 5.32 Å². The summed E-state index contributed by atoms with van der Waals surface area (Å²) >= 11 is 6.07. The van der Waals surface area contributed by atoms with Gasteiger partial charge in [0.25, 0.3) is 0 Å². The first-order valence-electron chi connectivity index (χ1n) is 5.26. The summed E-state index contributed by atoms with van der Waals surface area (Å²) in [5, 5.41) is 3.50. The zero-order chi connectivity index (χ0) is 13.1. The van der Waals surface area contributed by atoms with E-state index in [1.807, 2.05) is 0 Å². The second kappa shape index (κ2) is 5.14. The van der Waals surface area contributed by atoms with Crippen molar-refractivity contribution in [2.24, 2.45) is 0 Å². The molecule has 18 heavy (non-hydrogen) atoms.